The van der Waals surface area contributed by atoms with Crippen molar-refractivity contribution >= 4 is 22.7 Å². The fourth-order valence-corrected chi connectivity index (χ4v) is 5.84. The first-order valence-corrected chi connectivity index (χ1v) is 13.1. The van der Waals surface area contributed by atoms with Crippen LogP contribution in [-0.2, 0) is 6.54 Å². The Morgan fingerprint density at radius 1 is 1.12 bits per heavy atom. The van der Waals surface area contributed by atoms with E-state index in [1.165, 1.54) is 25.9 Å². The number of likely N-dealkylation sites (tertiary alicyclic amines) is 2. The molecule has 2 saturated heterocycles. The second-order valence-corrected chi connectivity index (χ2v) is 10.4. The maximum absolute atomic E-state index is 13.0. The monoisotopic (exact) mass is 464 g/mol. The lowest BCUT2D eigenvalue weighted by Gasteiger charge is -2.32. The van der Waals surface area contributed by atoms with E-state index in [0.717, 1.165) is 60.2 Å². The van der Waals surface area contributed by atoms with Gasteiger partial charge in [-0.2, -0.15) is 0 Å². The standard InChI is InChI=1S/C26H32N4O2S/c1-19-6-7-24-22(15-19)25(31)21(18-32-24)17-30-12-4-5-20(16-30)23-8-9-27-26(28-23)33-14-13-29-10-2-3-11-29/h6-9,15,18,20H,2-5,10-14,16-17H2,1H3. The lowest BCUT2D eigenvalue weighted by molar-refractivity contribution is 0.196. The van der Waals surface area contributed by atoms with Crippen molar-refractivity contribution in [3.63, 3.8) is 0 Å². The zero-order valence-corrected chi connectivity index (χ0v) is 20.1. The molecule has 0 bridgehead atoms. The summed E-state index contributed by atoms with van der Waals surface area (Å²) < 4.78 is 5.77. The van der Waals surface area contributed by atoms with Crippen molar-refractivity contribution in [2.24, 2.45) is 0 Å². The van der Waals surface area contributed by atoms with Gasteiger partial charge in [-0.3, -0.25) is 9.69 Å². The van der Waals surface area contributed by atoms with E-state index < -0.39 is 0 Å². The van der Waals surface area contributed by atoms with Gasteiger partial charge in [0.15, 0.2) is 10.6 Å². The van der Waals surface area contributed by atoms with Crippen LogP contribution in [0.2, 0.25) is 0 Å². The number of thioether (sulfide) groups is 1. The fraction of sp³-hybridized carbons (Fsp3) is 0.500. The van der Waals surface area contributed by atoms with Crippen LogP contribution in [0.25, 0.3) is 11.0 Å². The first-order chi connectivity index (χ1) is 16.2. The SMILES string of the molecule is Cc1ccc2occ(CN3CCCC(c4ccnc(SCCN5CCCC5)n4)C3)c(=O)c2c1. The third-order valence-corrected chi connectivity index (χ3v) is 7.65. The first-order valence-electron chi connectivity index (χ1n) is 12.1. The normalized spacial score (nSPS) is 20.0. The summed E-state index contributed by atoms with van der Waals surface area (Å²) in [5.74, 6) is 1.41. The Labute approximate surface area is 199 Å². The Morgan fingerprint density at radius 3 is 2.85 bits per heavy atom. The van der Waals surface area contributed by atoms with Crippen LogP contribution in [0.3, 0.4) is 0 Å². The van der Waals surface area contributed by atoms with Gasteiger partial charge in [0, 0.05) is 48.8 Å². The maximum Gasteiger partial charge on any atom is 0.197 e. The second kappa shape index (κ2) is 10.4. The van der Waals surface area contributed by atoms with Gasteiger partial charge in [-0.15, -0.1) is 0 Å². The van der Waals surface area contributed by atoms with E-state index in [1.807, 2.05) is 31.3 Å². The van der Waals surface area contributed by atoms with Gasteiger partial charge in [-0.05, 0) is 70.4 Å². The molecule has 0 saturated carbocycles. The Morgan fingerprint density at radius 2 is 1.97 bits per heavy atom. The highest BCUT2D eigenvalue weighted by Crippen LogP contribution is 2.27. The summed E-state index contributed by atoms with van der Waals surface area (Å²) in [4.78, 5) is 27.3. The minimum absolute atomic E-state index is 0.0841. The van der Waals surface area contributed by atoms with Gasteiger partial charge in [0.2, 0.25) is 0 Å². The number of nitrogens with zero attached hydrogens (tertiary/aromatic N) is 4. The van der Waals surface area contributed by atoms with Gasteiger partial charge in [-0.1, -0.05) is 23.4 Å². The molecule has 0 amide bonds. The number of rotatable bonds is 7. The molecule has 2 aliphatic rings. The third kappa shape index (κ3) is 5.48. The summed E-state index contributed by atoms with van der Waals surface area (Å²) in [5, 5.41) is 1.56. The summed E-state index contributed by atoms with van der Waals surface area (Å²) >= 11 is 1.76. The fourth-order valence-electron chi connectivity index (χ4n) is 5.00. The minimum atomic E-state index is 0.0841. The van der Waals surface area contributed by atoms with Crippen LogP contribution >= 0.6 is 11.8 Å². The van der Waals surface area contributed by atoms with Crippen molar-refractivity contribution in [3.05, 3.63) is 63.8 Å². The molecule has 0 aliphatic carbocycles. The van der Waals surface area contributed by atoms with Crippen LogP contribution in [0.4, 0.5) is 0 Å². The third-order valence-electron chi connectivity index (χ3n) is 6.81. The number of piperidine rings is 1. The molecule has 1 atom stereocenters. The molecule has 7 heteroatoms. The quantitative estimate of drug-likeness (QED) is 0.378. The van der Waals surface area contributed by atoms with E-state index in [-0.39, 0.29) is 5.43 Å². The van der Waals surface area contributed by atoms with E-state index in [9.17, 15) is 4.79 Å². The lowest BCUT2D eigenvalue weighted by Crippen LogP contribution is -2.35. The second-order valence-electron chi connectivity index (χ2n) is 9.33. The van der Waals surface area contributed by atoms with Gasteiger partial charge in [0.05, 0.1) is 11.6 Å². The number of fused-ring (bicyclic) bond motifs is 1. The van der Waals surface area contributed by atoms with E-state index in [2.05, 4.69) is 20.9 Å². The van der Waals surface area contributed by atoms with Crippen LogP contribution in [0.15, 0.2) is 51.1 Å². The van der Waals surface area contributed by atoms with Gasteiger partial charge >= 0.3 is 0 Å². The zero-order chi connectivity index (χ0) is 22.6. The molecule has 0 spiro atoms. The van der Waals surface area contributed by atoms with E-state index in [4.69, 9.17) is 9.40 Å². The summed E-state index contributed by atoms with van der Waals surface area (Å²) in [6, 6.07) is 7.84. The predicted molar refractivity (Wildman–Crippen MR) is 133 cm³/mol. The highest BCUT2D eigenvalue weighted by atomic mass is 32.2. The van der Waals surface area contributed by atoms with Crippen LogP contribution < -0.4 is 5.43 Å². The van der Waals surface area contributed by atoms with Crippen LogP contribution in [-0.4, -0.2) is 58.2 Å². The molecule has 3 aromatic rings. The van der Waals surface area contributed by atoms with Crippen molar-refractivity contribution in [2.45, 2.75) is 50.2 Å². The Hall–Kier alpha value is -2.22. The number of benzene rings is 1. The van der Waals surface area contributed by atoms with Gasteiger partial charge < -0.3 is 9.32 Å². The number of aromatic nitrogens is 2. The molecular weight excluding hydrogens is 432 g/mol. The Kier molecular flexibility index (Phi) is 7.09. The molecule has 4 heterocycles. The summed E-state index contributed by atoms with van der Waals surface area (Å²) in [7, 11) is 0. The highest BCUT2D eigenvalue weighted by molar-refractivity contribution is 7.99. The van der Waals surface area contributed by atoms with Gasteiger partial charge in [0.25, 0.3) is 0 Å². The molecule has 6 nitrogen and oxygen atoms in total. The highest BCUT2D eigenvalue weighted by Gasteiger charge is 2.24. The molecule has 5 rings (SSSR count). The average Bonchev–Trinajstić information content (AvgIpc) is 3.35. The predicted octanol–water partition coefficient (Wildman–Crippen LogP) is 4.46. The van der Waals surface area contributed by atoms with Crippen LogP contribution in [0.1, 0.15) is 48.4 Å². The number of aryl methyl sites for hydroxylation is 1. The summed E-state index contributed by atoms with van der Waals surface area (Å²) in [6.45, 7) is 8.09. The topological polar surface area (TPSA) is 62.5 Å². The van der Waals surface area contributed by atoms with Crippen molar-refractivity contribution in [3.8, 4) is 0 Å². The summed E-state index contributed by atoms with van der Waals surface area (Å²) in [6.07, 6.45) is 8.43. The molecule has 0 N–H and O–H groups in total. The van der Waals surface area contributed by atoms with E-state index in [1.54, 1.807) is 18.0 Å². The minimum Gasteiger partial charge on any atom is -0.464 e. The average molecular weight is 465 g/mol. The molecule has 1 unspecified atom stereocenters. The van der Waals surface area contributed by atoms with Crippen molar-refractivity contribution in [1.82, 2.24) is 19.8 Å². The first kappa shape index (κ1) is 22.6. The number of hydrogen-bond donors (Lipinski definition) is 0. The van der Waals surface area contributed by atoms with Crippen LogP contribution in [0, 0.1) is 6.92 Å². The van der Waals surface area contributed by atoms with E-state index >= 15 is 0 Å². The largest absolute Gasteiger partial charge is 0.464 e. The smallest absolute Gasteiger partial charge is 0.197 e. The Balaban J connectivity index is 1.23. The molecule has 174 valence electrons. The van der Waals surface area contributed by atoms with Crippen LogP contribution in [0.5, 0.6) is 0 Å². The maximum atomic E-state index is 13.0. The molecule has 1 aromatic carbocycles. The molecule has 2 aromatic heterocycles. The van der Waals surface area contributed by atoms with Crippen molar-refractivity contribution in [2.75, 3.05) is 38.5 Å². The zero-order valence-electron chi connectivity index (χ0n) is 19.3. The lowest BCUT2D eigenvalue weighted by atomic mass is 9.94. The summed E-state index contributed by atoms with van der Waals surface area (Å²) in [5.41, 5.74) is 3.67. The molecule has 2 aliphatic heterocycles. The van der Waals surface area contributed by atoms with E-state index in [0.29, 0.717) is 23.4 Å². The van der Waals surface area contributed by atoms with Gasteiger partial charge in [0.1, 0.15) is 5.58 Å². The molecule has 2 fully saturated rings. The van der Waals surface area contributed by atoms with Crippen molar-refractivity contribution in [1.29, 1.82) is 0 Å². The van der Waals surface area contributed by atoms with Crippen molar-refractivity contribution < 1.29 is 4.42 Å². The van der Waals surface area contributed by atoms with Gasteiger partial charge in [-0.25, -0.2) is 9.97 Å². The number of hydrogen-bond acceptors (Lipinski definition) is 7. The Bertz CT molecular complexity index is 1160. The molecule has 33 heavy (non-hydrogen) atoms. The molecular formula is C26H32N4O2S. The molecule has 0 radical (unpaired) electrons.